The van der Waals surface area contributed by atoms with Gasteiger partial charge in [0.1, 0.15) is 0 Å². The Morgan fingerprint density at radius 1 is 0.846 bits per heavy atom. The average Bonchev–Trinajstić information content (AvgIpc) is 2.63. The number of amides is 4. The summed E-state index contributed by atoms with van der Waals surface area (Å²) in [4.78, 5) is 45.8. The van der Waals surface area contributed by atoms with Gasteiger partial charge in [0.2, 0.25) is 23.6 Å². The fraction of sp³-hybridized carbons (Fsp3) is 0.765. The number of nitrogens with one attached hydrogen (secondary N) is 4. The molecule has 0 spiro atoms. The van der Waals surface area contributed by atoms with Crippen molar-refractivity contribution in [3.05, 3.63) is 0 Å². The minimum Gasteiger partial charge on any atom is -0.354 e. The van der Waals surface area contributed by atoms with Gasteiger partial charge >= 0.3 is 0 Å². The van der Waals surface area contributed by atoms with Gasteiger partial charge in [0.15, 0.2) is 0 Å². The van der Waals surface area contributed by atoms with E-state index in [2.05, 4.69) is 28.2 Å². The monoisotopic (exact) mass is 371 g/mol. The Labute approximate surface area is 155 Å². The van der Waals surface area contributed by atoms with Gasteiger partial charge in [-0.3, -0.25) is 19.2 Å². The lowest BCUT2D eigenvalue weighted by molar-refractivity contribution is -0.127. The van der Waals surface area contributed by atoms with Crippen molar-refractivity contribution in [3.8, 4) is 0 Å². The molecule has 0 aliphatic carbocycles. The van der Waals surface area contributed by atoms with Crippen LogP contribution in [0.15, 0.2) is 0 Å². The summed E-state index contributed by atoms with van der Waals surface area (Å²) in [5.41, 5.74) is 5.09. The molecule has 1 unspecified atom stereocenters. The number of carbonyl (C=O) groups is 4. The van der Waals surface area contributed by atoms with E-state index in [0.29, 0.717) is 0 Å². The molecule has 6 N–H and O–H groups in total. The summed E-state index contributed by atoms with van der Waals surface area (Å²) < 4.78 is 0. The highest BCUT2D eigenvalue weighted by atomic mass is 16.2. The second-order valence-corrected chi connectivity index (χ2v) is 6.03. The van der Waals surface area contributed by atoms with Crippen LogP contribution in [0.4, 0.5) is 0 Å². The van der Waals surface area contributed by atoms with Crippen LogP contribution in [0, 0.1) is 0 Å². The Morgan fingerprint density at radius 2 is 1.46 bits per heavy atom. The lowest BCUT2D eigenvalue weighted by Crippen LogP contribution is -2.43. The first-order valence-electron chi connectivity index (χ1n) is 9.22. The fourth-order valence-electron chi connectivity index (χ4n) is 2.19. The molecule has 1 atom stereocenters. The van der Waals surface area contributed by atoms with Gasteiger partial charge in [-0.2, -0.15) is 0 Å². The Morgan fingerprint density at radius 3 is 2.04 bits per heavy atom. The molecule has 0 radical (unpaired) electrons. The fourth-order valence-corrected chi connectivity index (χ4v) is 2.19. The van der Waals surface area contributed by atoms with Crippen molar-refractivity contribution >= 4 is 23.6 Å². The normalized spacial score (nSPS) is 11.3. The van der Waals surface area contributed by atoms with Crippen LogP contribution in [-0.4, -0.2) is 55.8 Å². The molecular formula is C17H33N5O4. The van der Waals surface area contributed by atoms with E-state index >= 15 is 0 Å². The molecule has 0 aromatic carbocycles. The van der Waals surface area contributed by atoms with E-state index in [-0.39, 0.29) is 44.5 Å². The summed E-state index contributed by atoms with van der Waals surface area (Å²) in [7, 11) is 0. The maximum atomic E-state index is 11.9. The van der Waals surface area contributed by atoms with Crippen molar-refractivity contribution in [1.29, 1.82) is 0 Å². The summed E-state index contributed by atoms with van der Waals surface area (Å²) in [6, 6.07) is 0.174. The molecule has 0 fully saturated rings. The van der Waals surface area contributed by atoms with Gasteiger partial charge in [-0.25, -0.2) is 0 Å². The Hall–Kier alpha value is -2.16. The summed E-state index contributed by atoms with van der Waals surface area (Å²) in [5.74, 6) is -1.43. The van der Waals surface area contributed by atoms with Gasteiger partial charge in [-0.05, 0) is 12.8 Å². The molecule has 0 saturated heterocycles. The average molecular weight is 371 g/mol. The van der Waals surface area contributed by atoms with E-state index in [1.165, 1.54) is 0 Å². The first-order chi connectivity index (χ1) is 12.4. The molecule has 26 heavy (non-hydrogen) atoms. The predicted octanol–water partition coefficient (Wildman–Crippen LogP) is -0.841. The zero-order valence-electron chi connectivity index (χ0n) is 15.9. The molecule has 150 valence electrons. The molecule has 0 aliphatic rings. The van der Waals surface area contributed by atoms with E-state index in [9.17, 15) is 19.2 Å². The molecule has 0 saturated carbocycles. The van der Waals surface area contributed by atoms with Crippen LogP contribution in [-0.2, 0) is 19.2 Å². The third-order valence-corrected chi connectivity index (χ3v) is 3.77. The Kier molecular flexibility index (Phi) is 13.9. The largest absolute Gasteiger partial charge is 0.354 e. The number of hydrogen-bond donors (Lipinski definition) is 5. The zero-order chi connectivity index (χ0) is 19.8. The molecule has 0 bridgehead atoms. The Balaban J connectivity index is 3.83. The second-order valence-electron chi connectivity index (χ2n) is 6.03. The van der Waals surface area contributed by atoms with Crippen LogP contribution in [0.1, 0.15) is 52.4 Å². The number of rotatable bonds is 14. The van der Waals surface area contributed by atoms with Gasteiger partial charge in [0, 0.05) is 19.0 Å². The van der Waals surface area contributed by atoms with E-state index in [1.807, 2.05) is 6.92 Å². The minimum atomic E-state index is -0.488. The highest BCUT2D eigenvalue weighted by Gasteiger charge is 2.11. The maximum Gasteiger partial charge on any atom is 0.239 e. The molecule has 4 amide bonds. The highest BCUT2D eigenvalue weighted by molar-refractivity contribution is 5.88. The number of nitrogens with two attached hydrogens (primary N) is 1. The van der Waals surface area contributed by atoms with E-state index in [1.54, 1.807) is 0 Å². The standard InChI is InChI=1S/C17H33N5O4/c1-3-5-6-7-13(4-2)22-14(23)8-9-19-16(25)11-21-17(26)12-20-15(24)10-18/h13H,3-12,18H2,1-2H3,(H,19,25)(H,20,24)(H,21,26)(H,22,23). The lowest BCUT2D eigenvalue weighted by Gasteiger charge is -2.17. The molecule has 0 aliphatic heterocycles. The second kappa shape index (κ2) is 15.1. The molecule has 0 rings (SSSR count). The predicted molar refractivity (Wildman–Crippen MR) is 99.1 cm³/mol. The van der Waals surface area contributed by atoms with Crippen molar-refractivity contribution in [2.24, 2.45) is 5.73 Å². The van der Waals surface area contributed by atoms with Crippen LogP contribution in [0.5, 0.6) is 0 Å². The summed E-state index contributed by atoms with van der Waals surface area (Å²) in [5, 5.41) is 10.2. The lowest BCUT2D eigenvalue weighted by atomic mass is 10.1. The molecule has 9 nitrogen and oxygen atoms in total. The maximum absolute atomic E-state index is 11.9. The van der Waals surface area contributed by atoms with Crippen LogP contribution >= 0.6 is 0 Å². The van der Waals surface area contributed by atoms with Gasteiger partial charge in [0.05, 0.1) is 19.6 Å². The van der Waals surface area contributed by atoms with E-state index in [0.717, 1.165) is 32.1 Å². The van der Waals surface area contributed by atoms with Gasteiger partial charge in [-0.15, -0.1) is 0 Å². The number of hydrogen-bond acceptors (Lipinski definition) is 5. The molecule has 0 heterocycles. The van der Waals surface area contributed by atoms with E-state index in [4.69, 9.17) is 5.73 Å². The van der Waals surface area contributed by atoms with Crippen LogP contribution in [0.25, 0.3) is 0 Å². The van der Waals surface area contributed by atoms with Crippen LogP contribution in [0.2, 0.25) is 0 Å². The highest BCUT2D eigenvalue weighted by Crippen LogP contribution is 2.06. The molecule has 0 aromatic rings. The van der Waals surface area contributed by atoms with Gasteiger partial charge in [-0.1, -0.05) is 33.1 Å². The van der Waals surface area contributed by atoms with Gasteiger partial charge < -0.3 is 27.0 Å². The van der Waals surface area contributed by atoms with Crippen molar-refractivity contribution in [1.82, 2.24) is 21.3 Å². The molecular weight excluding hydrogens is 338 g/mol. The SMILES string of the molecule is CCCCCC(CC)NC(=O)CCNC(=O)CNC(=O)CNC(=O)CN. The van der Waals surface area contributed by atoms with Crippen molar-refractivity contribution in [3.63, 3.8) is 0 Å². The van der Waals surface area contributed by atoms with Crippen molar-refractivity contribution in [2.75, 3.05) is 26.2 Å². The third-order valence-electron chi connectivity index (χ3n) is 3.77. The smallest absolute Gasteiger partial charge is 0.239 e. The quantitative estimate of drug-likeness (QED) is 0.253. The first kappa shape index (κ1) is 23.8. The topological polar surface area (TPSA) is 142 Å². The van der Waals surface area contributed by atoms with Crippen molar-refractivity contribution < 1.29 is 19.2 Å². The minimum absolute atomic E-state index is 0.0952. The number of unbranched alkanes of at least 4 members (excludes halogenated alkanes) is 2. The van der Waals surface area contributed by atoms with Crippen LogP contribution in [0.3, 0.4) is 0 Å². The van der Waals surface area contributed by atoms with Crippen LogP contribution < -0.4 is 27.0 Å². The zero-order valence-corrected chi connectivity index (χ0v) is 15.9. The van der Waals surface area contributed by atoms with E-state index < -0.39 is 17.7 Å². The summed E-state index contributed by atoms with van der Waals surface area (Å²) in [6.45, 7) is 3.73. The number of carbonyl (C=O) groups excluding carboxylic acids is 4. The van der Waals surface area contributed by atoms with Gasteiger partial charge in [0.25, 0.3) is 0 Å². The molecule has 0 aromatic heterocycles. The Bertz CT molecular complexity index is 456. The third kappa shape index (κ3) is 13.2. The molecule has 9 heteroatoms. The summed E-state index contributed by atoms with van der Waals surface area (Å²) >= 11 is 0. The van der Waals surface area contributed by atoms with Crippen molar-refractivity contribution in [2.45, 2.75) is 58.4 Å². The first-order valence-corrected chi connectivity index (χ1v) is 9.22. The summed E-state index contributed by atoms with van der Waals surface area (Å²) in [6.07, 6.45) is 5.44.